The van der Waals surface area contributed by atoms with Gasteiger partial charge in [0.2, 0.25) is 0 Å². The highest BCUT2D eigenvalue weighted by atomic mass is 31.1. The van der Waals surface area contributed by atoms with Crippen molar-refractivity contribution >= 4 is 18.7 Å². The largest absolute Gasteiger partial charge is 0.279 e. The molecule has 31 heavy (non-hydrogen) atoms. The molecule has 0 aromatic heterocycles. The van der Waals surface area contributed by atoms with Crippen LogP contribution in [0, 0.1) is 0 Å². The third kappa shape index (κ3) is 5.63. The van der Waals surface area contributed by atoms with Gasteiger partial charge in [-0.2, -0.15) is 0 Å². The van der Waals surface area contributed by atoms with E-state index >= 15 is 0 Å². The van der Waals surface area contributed by atoms with Gasteiger partial charge in [0.15, 0.2) is 0 Å². The molecular formula is C28H37N2P. The van der Waals surface area contributed by atoms with Crippen LogP contribution >= 0.6 is 8.07 Å². The number of nitrogens with zero attached hydrogens (tertiary/aromatic N) is 2. The number of benzene rings is 3. The second kappa shape index (κ2) is 11.0. The first-order chi connectivity index (χ1) is 14.9. The lowest BCUT2D eigenvalue weighted by atomic mass is 10.1. The van der Waals surface area contributed by atoms with Gasteiger partial charge in [0.1, 0.15) is 0 Å². The molecule has 0 bridgehead atoms. The summed E-state index contributed by atoms with van der Waals surface area (Å²) in [6.07, 6.45) is 0.188. The molecule has 0 radical (unpaired) electrons. The van der Waals surface area contributed by atoms with E-state index in [9.17, 15) is 0 Å². The zero-order valence-corrected chi connectivity index (χ0v) is 20.7. The highest BCUT2D eigenvalue weighted by Gasteiger charge is 2.37. The van der Waals surface area contributed by atoms with Crippen molar-refractivity contribution in [2.45, 2.75) is 65.8 Å². The Balaban J connectivity index is 2.24. The third-order valence-corrected chi connectivity index (χ3v) is 8.30. The van der Waals surface area contributed by atoms with E-state index in [4.69, 9.17) is 0 Å². The maximum atomic E-state index is 2.76. The van der Waals surface area contributed by atoms with Crippen molar-refractivity contribution in [3.8, 4) is 0 Å². The highest BCUT2D eigenvalue weighted by molar-refractivity contribution is 7.70. The first kappa shape index (κ1) is 23.7. The summed E-state index contributed by atoms with van der Waals surface area (Å²) < 4.78 is 2.76. The van der Waals surface area contributed by atoms with Crippen LogP contribution in [0.3, 0.4) is 0 Å². The molecule has 164 valence electrons. The van der Waals surface area contributed by atoms with E-state index in [0.717, 1.165) is 0 Å². The average molecular weight is 433 g/mol. The monoisotopic (exact) mass is 432 g/mol. The Hall–Kier alpha value is -1.99. The minimum absolute atomic E-state index is 0.188. The van der Waals surface area contributed by atoms with Crippen molar-refractivity contribution in [1.29, 1.82) is 0 Å². The molecule has 3 rings (SSSR count). The number of hydrogen-bond donors (Lipinski definition) is 0. The minimum atomic E-state index is -0.707. The van der Waals surface area contributed by atoms with Gasteiger partial charge in [-0.3, -0.25) is 9.57 Å². The Labute approximate surface area is 190 Å². The smallest absolute Gasteiger partial charge is 0.0931 e. The van der Waals surface area contributed by atoms with Crippen LogP contribution in [-0.4, -0.2) is 27.7 Å². The van der Waals surface area contributed by atoms with Crippen LogP contribution < -0.4 is 10.6 Å². The zero-order chi connectivity index (χ0) is 22.4. The molecule has 0 fully saturated rings. The van der Waals surface area contributed by atoms with Crippen LogP contribution in [-0.2, 0) is 0 Å². The Bertz CT molecular complexity index is 847. The topological polar surface area (TPSA) is 6.48 Å². The molecule has 0 saturated carbocycles. The highest BCUT2D eigenvalue weighted by Crippen LogP contribution is 2.48. The lowest BCUT2D eigenvalue weighted by Gasteiger charge is -2.49. The molecule has 1 unspecified atom stereocenters. The maximum absolute atomic E-state index is 2.76. The van der Waals surface area contributed by atoms with Crippen LogP contribution in [0.1, 0.15) is 53.3 Å². The molecule has 0 heterocycles. The lowest BCUT2D eigenvalue weighted by molar-refractivity contribution is 0.0321. The summed E-state index contributed by atoms with van der Waals surface area (Å²) in [7, 11) is -0.707. The van der Waals surface area contributed by atoms with Crippen molar-refractivity contribution in [2.24, 2.45) is 0 Å². The normalized spacial score (nSPS) is 13.2. The van der Waals surface area contributed by atoms with E-state index in [-0.39, 0.29) is 6.17 Å². The Morgan fingerprint density at radius 1 is 0.516 bits per heavy atom. The fraction of sp³-hybridized carbons (Fsp3) is 0.357. The van der Waals surface area contributed by atoms with E-state index in [0.29, 0.717) is 18.1 Å². The van der Waals surface area contributed by atoms with Gasteiger partial charge in [-0.1, -0.05) is 91.0 Å². The van der Waals surface area contributed by atoms with Crippen LogP contribution in [0.15, 0.2) is 91.0 Å². The standard InChI is InChI=1S/C28H37N2P/c1-22(2)29(23(3)4)28(25-16-10-7-11-17-25)30(24(5)6)31(26-18-12-8-13-19-26)27-20-14-9-15-21-27/h7-24,28H,1-6H3. The fourth-order valence-electron chi connectivity index (χ4n) is 4.42. The summed E-state index contributed by atoms with van der Waals surface area (Å²) in [5.74, 6) is 0. The molecular weight excluding hydrogens is 395 g/mol. The van der Waals surface area contributed by atoms with Gasteiger partial charge >= 0.3 is 0 Å². The number of hydrogen-bond acceptors (Lipinski definition) is 2. The fourth-order valence-corrected chi connectivity index (χ4v) is 7.10. The van der Waals surface area contributed by atoms with Gasteiger partial charge < -0.3 is 0 Å². The third-order valence-electron chi connectivity index (χ3n) is 5.58. The summed E-state index contributed by atoms with van der Waals surface area (Å²) >= 11 is 0. The molecule has 0 aliphatic carbocycles. The van der Waals surface area contributed by atoms with Crippen molar-refractivity contribution in [3.05, 3.63) is 96.6 Å². The van der Waals surface area contributed by atoms with E-state index < -0.39 is 8.07 Å². The zero-order valence-electron chi connectivity index (χ0n) is 19.8. The first-order valence-corrected chi connectivity index (χ1v) is 12.7. The SMILES string of the molecule is CC(C)N(C(C)C)C(c1ccccc1)N(C(C)C)P(c1ccccc1)c1ccccc1. The predicted molar refractivity (Wildman–Crippen MR) is 137 cm³/mol. The van der Waals surface area contributed by atoms with Gasteiger partial charge in [-0.05, 0) is 57.7 Å². The van der Waals surface area contributed by atoms with Crippen molar-refractivity contribution < 1.29 is 0 Å². The van der Waals surface area contributed by atoms with Crippen molar-refractivity contribution in [1.82, 2.24) is 9.57 Å². The molecule has 1 atom stereocenters. The molecule has 0 aliphatic rings. The Kier molecular flexibility index (Phi) is 8.43. The van der Waals surface area contributed by atoms with Gasteiger partial charge in [-0.25, -0.2) is 0 Å². The second-order valence-electron chi connectivity index (χ2n) is 8.88. The quantitative estimate of drug-likeness (QED) is 0.279. The lowest BCUT2D eigenvalue weighted by Crippen LogP contribution is -2.50. The summed E-state index contributed by atoms with van der Waals surface area (Å²) in [6.45, 7) is 14.0. The van der Waals surface area contributed by atoms with Gasteiger partial charge in [0.25, 0.3) is 0 Å². The van der Waals surface area contributed by atoms with E-state index in [1.165, 1.54) is 16.2 Å². The summed E-state index contributed by atoms with van der Waals surface area (Å²) in [6, 6.07) is 34.4. The van der Waals surface area contributed by atoms with Crippen LogP contribution in [0.25, 0.3) is 0 Å². The maximum Gasteiger partial charge on any atom is 0.0931 e. The van der Waals surface area contributed by atoms with Crippen LogP contribution in [0.2, 0.25) is 0 Å². The molecule has 0 spiro atoms. The van der Waals surface area contributed by atoms with Crippen LogP contribution in [0.5, 0.6) is 0 Å². The molecule has 3 aromatic carbocycles. The summed E-state index contributed by atoms with van der Waals surface area (Å²) in [5, 5.41) is 2.79. The molecule has 0 amide bonds. The first-order valence-electron chi connectivity index (χ1n) is 11.4. The number of rotatable bonds is 9. The van der Waals surface area contributed by atoms with Crippen molar-refractivity contribution in [3.63, 3.8) is 0 Å². The van der Waals surface area contributed by atoms with E-state index in [1.807, 2.05) is 0 Å². The molecule has 0 N–H and O–H groups in total. The predicted octanol–water partition coefficient (Wildman–Crippen LogP) is 6.56. The summed E-state index contributed by atoms with van der Waals surface area (Å²) in [5.41, 5.74) is 1.36. The second-order valence-corrected chi connectivity index (χ2v) is 11.0. The molecule has 3 aromatic rings. The summed E-state index contributed by atoms with van der Waals surface area (Å²) in [4.78, 5) is 2.66. The minimum Gasteiger partial charge on any atom is -0.279 e. The molecule has 2 nitrogen and oxygen atoms in total. The Morgan fingerprint density at radius 3 is 1.26 bits per heavy atom. The molecule has 3 heteroatoms. The average Bonchev–Trinajstić information content (AvgIpc) is 2.77. The van der Waals surface area contributed by atoms with Gasteiger partial charge in [-0.15, -0.1) is 0 Å². The van der Waals surface area contributed by atoms with E-state index in [1.54, 1.807) is 0 Å². The van der Waals surface area contributed by atoms with Gasteiger partial charge in [0.05, 0.1) is 6.17 Å². The van der Waals surface area contributed by atoms with Gasteiger partial charge in [0, 0.05) is 26.2 Å². The Morgan fingerprint density at radius 2 is 0.903 bits per heavy atom. The molecule has 0 saturated heterocycles. The molecule has 0 aliphatic heterocycles. The van der Waals surface area contributed by atoms with E-state index in [2.05, 4.69) is 142 Å². The van der Waals surface area contributed by atoms with Crippen LogP contribution in [0.4, 0.5) is 0 Å². The van der Waals surface area contributed by atoms with Crippen molar-refractivity contribution in [2.75, 3.05) is 0 Å².